The van der Waals surface area contributed by atoms with E-state index in [2.05, 4.69) is 5.10 Å². The Bertz CT molecular complexity index is 993. The third kappa shape index (κ3) is 2.69. The topological polar surface area (TPSA) is 88.4 Å². The molecule has 2 aliphatic rings. The van der Waals surface area contributed by atoms with Crippen LogP contribution in [0.1, 0.15) is 22.8 Å². The van der Waals surface area contributed by atoms with Gasteiger partial charge in [-0.05, 0) is 48.9 Å². The summed E-state index contributed by atoms with van der Waals surface area (Å²) in [6.45, 7) is 1.92. The Balaban J connectivity index is 1.66. The van der Waals surface area contributed by atoms with Crippen molar-refractivity contribution < 1.29 is 24.2 Å². The maximum absolute atomic E-state index is 12.8. The molecule has 130 valence electrons. The van der Waals surface area contributed by atoms with E-state index in [1.54, 1.807) is 37.3 Å². The molecule has 2 heterocycles. The van der Waals surface area contributed by atoms with E-state index in [4.69, 9.17) is 14.6 Å². The molecule has 7 heteroatoms. The van der Waals surface area contributed by atoms with Gasteiger partial charge in [-0.3, -0.25) is 4.79 Å². The van der Waals surface area contributed by atoms with Crippen LogP contribution in [0.4, 0.5) is 5.69 Å². The molecule has 2 aliphatic heterocycles. The fourth-order valence-electron chi connectivity index (χ4n) is 2.80. The molecule has 0 atom stereocenters. The van der Waals surface area contributed by atoms with Crippen LogP contribution in [0, 0.1) is 0 Å². The fourth-order valence-corrected chi connectivity index (χ4v) is 2.80. The number of anilines is 1. The molecule has 0 saturated heterocycles. The SMILES string of the molecule is CC1=NN(c2cccc(C(=O)O)c2)C(=O)/C1=C/c1ccc2c(c1)OCO2. The third-order valence-electron chi connectivity index (χ3n) is 4.11. The van der Waals surface area contributed by atoms with Crippen LogP contribution >= 0.6 is 0 Å². The minimum Gasteiger partial charge on any atom is -0.478 e. The highest BCUT2D eigenvalue weighted by molar-refractivity contribution is 6.32. The second-order valence-electron chi connectivity index (χ2n) is 5.83. The summed E-state index contributed by atoms with van der Waals surface area (Å²) in [5, 5.41) is 14.6. The number of carbonyl (C=O) groups is 2. The van der Waals surface area contributed by atoms with Gasteiger partial charge in [-0.15, -0.1) is 0 Å². The first-order valence-electron chi connectivity index (χ1n) is 7.88. The van der Waals surface area contributed by atoms with Crippen LogP contribution in [0.15, 0.2) is 53.1 Å². The Morgan fingerprint density at radius 2 is 2.00 bits per heavy atom. The molecule has 0 saturated carbocycles. The number of carboxylic acids is 1. The Kier molecular flexibility index (Phi) is 3.69. The Hall–Kier alpha value is -3.61. The molecule has 4 rings (SSSR count). The summed E-state index contributed by atoms with van der Waals surface area (Å²) in [6.07, 6.45) is 1.73. The summed E-state index contributed by atoms with van der Waals surface area (Å²) in [6, 6.07) is 11.5. The summed E-state index contributed by atoms with van der Waals surface area (Å²) in [5.41, 5.74) is 2.27. The average Bonchev–Trinajstić information content (AvgIpc) is 3.21. The number of amides is 1. The van der Waals surface area contributed by atoms with Crippen LogP contribution in [0.25, 0.3) is 6.08 Å². The number of benzene rings is 2. The van der Waals surface area contributed by atoms with Crippen molar-refractivity contribution in [3.8, 4) is 11.5 Å². The molecular weight excluding hydrogens is 336 g/mol. The number of hydrazone groups is 1. The van der Waals surface area contributed by atoms with Gasteiger partial charge in [-0.25, -0.2) is 4.79 Å². The highest BCUT2D eigenvalue weighted by Gasteiger charge is 2.29. The number of carboxylic acid groups (broad SMARTS) is 1. The minimum atomic E-state index is -1.06. The zero-order chi connectivity index (χ0) is 18.3. The number of carbonyl (C=O) groups excluding carboxylic acids is 1. The zero-order valence-corrected chi connectivity index (χ0v) is 13.8. The molecule has 2 aromatic carbocycles. The van der Waals surface area contributed by atoms with Gasteiger partial charge < -0.3 is 14.6 Å². The molecule has 26 heavy (non-hydrogen) atoms. The van der Waals surface area contributed by atoms with Gasteiger partial charge >= 0.3 is 5.97 Å². The molecule has 0 aromatic heterocycles. The lowest BCUT2D eigenvalue weighted by Gasteiger charge is -2.12. The van der Waals surface area contributed by atoms with Gasteiger partial charge in [-0.2, -0.15) is 10.1 Å². The first kappa shape index (κ1) is 15.9. The van der Waals surface area contributed by atoms with Crippen LogP contribution in [0.3, 0.4) is 0 Å². The highest BCUT2D eigenvalue weighted by atomic mass is 16.7. The van der Waals surface area contributed by atoms with Gasteiger partial charge in [0.2, 0.25) is 6.79 Å². The highest BCUT2D eigenvalue weighted by Crippen LogP contribution is 2.34. The lowest BCUT2D eigenvalue weighted by molar-refractivity contribution is -0.114. The summed E-state index contributed by atoms with van der Waals surface area (Å²) in [7, 11) is 0. The number of aromatic carboxylic acids is 1. The summed E-state index contributed by atoms with van der Waals surface area (Å²) >= 11 is 0. The van der Waals surface area contributed by atoms with Crippen molar-refractivity contribution in [2.75, 3.05) is 11.8 Å². The number of nitrogens with zero attached hydrogens (tertiary/aromatic N) is 2. The fraction of sp³-hybridized carbons (Fsp3) is 0.105. The minimum absolute atomic E-state index is 0.0938. The van der Waals surface area contributed by atoms with Gasteiger partial charge in [0.25, 0.3) is 5.91 Å². The molecule has 0 radical (unpaired) electrons. The van der Waals surface area contributed by atoms with Crippen molar-refractivity contribution in [1.29, 1.82) is 0 Å². The summed E-state index contributed by atoms with van der Waals surface area (Å²) in [5.74, 6) is -0.0779. The van der Waals surface area contributed by atoms with Gasteiger partial charge in [0.1, 0.15) is 0 Å². The average molecular weight is 350 g/mol. The van der Waals surface area contributed by atoms with Gasteiger partial charge in [0, 0.05) is 0 Å². The van der Waals surface area contributed by atoms with Crippen molar-refractivity contribution in [3.05, 3.63) is 59.2 Å². The van der Waals surface area contributed by atoms with Crippen molar-refractivity contribution >= 4 is 29.4 Å². The standard InChI is InChI=1S/C19H14N2O5/c1-11-15(7-12-5-6-16-17(8-12)26-10-25-16)18(22)21(20-11)14-4-2-3-13(9-14)19(23)24/h2-9H,10H2,1H3,(H,23,24)/b15-7+. The second kappa shape index (κ2) is 6.03. The molecule has 0 aliphatic carbocycles. The first-order valence-corrected chi connectivity index (χ1v) is 7.88. The number of hydrogen-bond donors (Lipinski definition) is 1. The number of hydrogen-bond acceptors (Lipinski definition) is 5. The van der Waals surface area contributed by atoms with E-state index >= 15 is 0 Å². The maximum atomic E-state index is 12.8. The molecule has 2 aromatic rings. The molecule has 7 nitrogen and oxygen atoms in total. The molecular formula is C19H14N2O5. The van der Waals surface area contributed by atoms with E-state index in [1.165, 1.54) is 17.1 Å². The number of ether oxygens (including phenoxy) is 2. The Labute approximate surface area is 148 Å². The Morgan fingerprint density at radius 1 is 1.19 bits per heavy atom. The molecule has 0 unspecified atom stereocenters. The van der Waals surface area contributed by atoms with Crippen LogP contribution in [0.2, 0.25) is 0 Å². The molecule has 1 N–H and O–H groups in total. The first-order chi connectivity index (χ1) is 12.5. The van der Waals surface area contributed by atoms with E-state index in [-0.39, 0.29) is 18.3 Å². The van der Waals surface area contributed by atoms with Crippen molar-refractivity contribution in [3.63, 3.8) is 0 Å². The smallest absolute Gasteiger partial charge is 0.335 e. The number of rotatable bonds is 3. The van der Waals surface area contributed by atoms with Crippen molar-refractivity contribution in [2.24, 2.45) is 5.10 Å². The maximum Gasteiger partial charge on any atom is 0.335 e. The largest absolute Gasteiger partial charge is 0.478 e. The second-order valence-corrected chi connectivity index (χ2v) is 5.83. The van der Waals surface area contributed by atoms with Gasteiger partial charge in [-0.1, -0.05) is 12.1 Å². The van der Waals surface area contributed by atoms with Gasteiger partial charge in [0.05, 0.1) is 22.5 Å². The molecule has 0 fully saturated rings. The third-order valence-corrected chi connectivity index (χ3v) is 4.11. The summed E-state index contributed by atoms with van der Waals surface area (Å²) < 4.78 is 10.6. The normalized spacial score (nSPS) is 17.0. The van der Waals surface area contributed by atoms with Crippen molar-refractivity contribution in [1.82, 2.24) is 0 Å². The molecule has 0 bridgehead atoms. The van der Waals surface area contributed by atoms with E-state index in [0.29, 0.717) is 28.5 Å². The lowest BCUT2D eigenvalue weighted by Crippen LogP contribution is -2.21. The Morgan fingerprint density at radius 3 is 2.81 bits per heavy atom. The lowest BCUT2D eigenvalue weighted by atomic mass is 10.1. The van der Waals surface area contributed by atoms with Crippen LogP contribution in [0.5, 0.6) is 11.5 Å². The molecule has 1 amide bonds. The van der Waals surface area contributed by atoms with Crippen LogP contribution in [-0.2, 0) is 4.79 Å². The predicted octanol–water partition coefficient (Wildman–Crippen LogP) is 2.92. The molecule has 0 spiro atoms. The van der Waals surface area contributed by atoms with E-state index in [9.17, 15) is 9.59 Å². The van der Waals surface area contributed by atoms with Gasteiger partial charge in [0.15, 0.2) is 11.5 Å². The zero-order valence-electron chi connectivity index (χ0n) is 13.8. The quantitative estimate of drug-likeness (QED) is 0.860. The van der Waals surface area contributed by atoms with Crippen LogP contribution in [-0.4, -0.2) is 29.5 Å². The van der Waals surface area contributed by atoms with E-state index < -0.39 is 5.97 Å². The van der Waals surface area contributed by atoms with E-state index in [0.717, 1.165) is 5.56 Å². The monoisotopic (exact) mass is 350 g/mol. The number of fused-ring (bicyclic) bond motifs is 1. The van der Waals surface area contributed by atoms with Crippen LogP contribution < -0.4 is 14.5 Å². The van der Waals surface area contributed by atoms with Crippen molar-refractivity contribution in [2.45, 2.75) is 6.92 Å². The van der Waals surface area contributed by atoms with E-state index in [1.807, 2.05) is 6.07 Å². The predicted molar refractivity (Wildman–Crippen MR) is 94.5 cm³/mol. The summed E-state index contributed by atoms with van der Waals surface area (Å²) in [4.78, 5) is 23.9.